The Morgan fingerprint density at radius 3 is 2.05 bits per heavy atom. The molecule has 0 saturated carbocycles. The lowest BCUT2D eigenvalue weighted by Gasteiger charge is -2.10. The van der Waals surface area contributed by atoms with E-state index in [0.29, 0.717) is 17.4 Å². The van der Waals surface area contributed by atoms with E-state index in [1.54, 1.807) is 36.4 Å². The second kappa shape index (κ2) is 4.90. The van der Waals surface area contributed by atoms with Gasteiger partial charge in [-0.2, -0.15) is 0 Å². The normalized spacial score (nSPS) is 10.9. The number of benzene rings is 3. The van der Waals surface area contributed by atoms with Crippen molar-refractivity contribution in [2.45, 2.75) is 6.42 Å². The van der Waals surface area contributed by atoms with Gasteiger partial charge >= 0.3 is 0 Å². The predicted octanol–water partition coefficient (Wildman–Crippen LogP) is 3.25. The zero-order chi connectivity index (χ0) is 15.0. The number of phenols is 4. The average molecular weight is 282 g/mol. The second-order valence-electron chi connectivity index (χ2n) is 4.98. The van der Waals surface area contributed by atoms with Crippen molar-refractivity contribution in [1.82, 2.24) is 0 Å². The molecule has 21 heavy (non-hydrogen) atoms. The van der Waals surface area contributed by atoms with Gasteiger partial charge in [0.25, 0.3) is 0 Å². The molecule has 4 nitrogen and oxygen atoms in total. The molecule has 3 aromatic carbocycles. The molecule has 3 aromatic rings. The van der Waals surface area contributed by atoms with Crippen molar-refractivity contribution in [2.75, 3.05) is 0 Å². The fourth-order valence-electron chi connectivity index (χ4n) is 2.38. The van der Waals surface area contributed by atoms with Crippen LogP contribution in [0.4, 0.5) is 0 Å². The summed E-state index contributed by atoms with van der Waals surface area (Å²) in [5.41, 5.74) is 1.48. The zero-order valence-corrected chi connectivity index (χ0v) is 11.1. The van der Waals surface area contributed by atoms with Gasteiger partial charge < -0.3 is 20.4 Å². The number of rotatable bonds is 2. The number of hydrogen-bond donors (Lipinski definition) is 4. The molecule has 0 spiro atoms. The predicted molar refractivity (Wildman–Crippen MR) is 79.9 cm³/mol. The van der Waals surface area contributed by atoms with E-state index in [9.17, 15) is 20.4 Å². The van der Waals surface area contributed by atoms with Crippen molar-refractivity contribution in [3.63, 3.8) is 0 Å². The summed E-state index contributed by atoms with van der Waals surface area (Å²) < 4.78 is 0. The molecule has 0 unspecified atom stereocenters. The molecule has 0 heterocycles. The maximum absolute atomic E-state index is 10.1. The van der Waals surface area contributed by atoms with Gasteiger partial charge in [-0.3, -0.25) is 0 Å². The molecule has 0 aromatic heterocycles. The van der Waals surface area contributed by atoms with Gasteiger partial charge in [-0.25, -0.2) is 0 Å². The van der Waals surface area contributed by atoms with Crippen LogP contribution in [-0.2, 0) is 6.42 Å². The lowest BCUT2D eigenvalue weighted by molar-refractivity contribution is 0.404. The largest absolute Gasteiger partial charge is 0.508 e. The van der Waals surface area contributed by atoms with Crippen LogP contribution >= 0.6 is 0 Å². The molecule has 4 heteroatoms. The first-order valence-corrected chi connectivity index (χ1v) is 6.49. The molecule has 0 saturated heterocycles. The molecular formula is C17H14O4. The molecule has 0 aliphatic rings. The summed E-state index contributed by atoms with van der Waals surface area (Å²) in [4.78, 5) is 0. The Balaban J connectivity index is 2.08. The lowest BCUT2D eigenvalue weighted by atomic mass is 9.99. The second-order valence-corrected chi connectivity index (χ2v) is 4.98. The first-order valence-electron chi connectivity index (χ1n) is 6.49. The average Bonchev–Trinajstić information content (AvgIpc) is 2.47. The quantitative estimate of drug-likeness (QED) is 0.544. The van der Waals surface area contributed by atoms with Crippen molar-refractivity contribution in [3.8, 4) is 23.0 Å². The van der Waals surface area contributed by atoms with Crippen molar-refractivity contribution in [3.05, 3.63) is 59.7 Å². The maximum atomic E-state index is 10.1. The first-order chi connectivity index (χ1) is 10.0. The minimum Gasteiger partial charge on any atom is -0.508 e. The molecule has 0 aliphatic carbocycles. The molecule has 0 aliphatic heterocycles. The van der Waals surface area contributed by atoms with Gasteiger partial charge in [0.15, 0.2) is 11.5 Å². The SMILES string of the molecule is Oc1ccc(Cc2cc3ccc(O)cc3c(O)c2O)cc1. The van der Waals surface area contributed by atoms with Crippen LogP contribution < -0.4 is 0 Å². The van der Waals surface area contributed by atoms with Gasteiger partial charge in [-0.15, -0.1) is 0 Å². The van der Waals surface area contributed by atoms with E-state index in [4.69, 9.17) is 0 Å². The Hall–Kier alpha value is -2.88. The Labute approximate surface area is 121 Å². The lowest BCUT2D eigenvalue weighted by Crippen LogP contribution is -1.90. The van der Waals surface area contributed by atoms with E-state index in [1.165, 1.54) is 12.1 Å². The highest BCUT2D eigenvalue weighted by atomic mass is 16.3. The number of phenolic OH excluding ortho intramolecular Hbond substituents is 4. The first kappa shape index (κ1) is 13.1. The van der Waals surface area contributed by atoms with E-state index in [1.807, 2.05) is 0 Å². The number of hydrogen-bond acceptors (Lipinski definition) is 4. The summed E-state index contributed by atoms with van der Waals surface area (Å²) >= 11 is 0. The molecule has 106 valence electrons. The summed E-state index contributed by atoms with van der Waals surface area (Å²) in [5, 5.41) is 40.1. The summed E-state index contributed by atoms with van der Waals surface area (Å²) in [6, 6.07) is 13.1. The Morgan fingerprint density at radius 2 is 1.33 bits per heavy atom. The van der Waals surface area contributed by atoms with E-state index in [-0.39, 0.29) is 23.0 Å². The molecule has 3 rings (SSSR count). The summed E-state index contributed by atoms with van der Waals surface area (Å²) in [5.74, 6) is -0.221. The van der Waals surface area contributed by atoms with Crippen LogP contribution in [0.2, 0.25) is 0 Å². The van der Waals surface area contributed by atoms with E-state index < -0.39 is 0 Å². The molecule has 0 fully saturated rings. The molecule has 0 amide bonds. The van der Waals surface area contributed by atoms with Crippen LogP contribution in [0, 0.1) is 0 Å². The monoisotopic (exact) mass is 282 g/mol. The smallest absolute Gasteiger partial charge is 0.165 e. The van der Waals surface area contributed by atoms with Crippen LogP contribution in [0.5, 0.6) is 23.0 Å². The van der Waals surface area contributed by atoms with Crippen LogP contribution in [0.3, 0.4) is 0 Å². The minimum atomic E-state index is -0.239. The Bertz CT molecular complexity index is 807. The Morgan fingerprint density at radius 1 is 0.667 bits per heavy atom. The fourth-order valence-corrected chi connectivity index (χ4v) is 2.38. The number of fused-ring (bicyclic) bond motifs is 1. The summed E-state index contributed by atoms with van der Waals surface area (Å²) in [6.07, 6.45) is 0.427. The van der Waals surface area contributed by atoms with Crippen molar-refractivity contribution in [1.29, 1.82) is 0 Å². The minimum absolute atomic E-state index is 0.0310. The van der Waals surface area contributed by atoms with E-state index in [0.717, 1.165) is 10.9 Å². The zero-order valence-electron chi connectivity index (χ0n) is 11.1. The van der Waals surface area contributed by atoms with Gasteiger partial charge in [0.2, 0.25) is 0 Å². The molecular weight excluding hydrogens is 268 g/mol. The van der Waals surface area contributed by atoms with Gasteiger partial charge in [0.1, 0.15) is 11.5 Å². The van der Waals surface area contributed by atoms with Crippen LogP contribution in [0.15, 0.2) is 48.5 Å². The molecule has 0 bridgehead atoms. The van der Waals surface area contributed by atoms with Crippen LogP contribution in [-0.4, -0.2) is 20.4 Å². The highest BCUT2D eigenvalue weighted by Crippen LogP contribution is 2.39. The maximum Gasteiger partial charge on any atom is 0.165 e. The highest BCUT2D eigenvalue weighted by Gasteiger charge is 2.13. The van der Waals surface area contributed by atoms with E-state index >= 15 is 0 Å². The van der Waals surface area contributed by atoms with Gasteiger partial charge in [-0.05, 0) is 41.3 Å². The fraction of sp³-hybridized carbons (Fsp3) is 0.0588. The highest BCUT2D eigenvalue weighted by molar-refractivity contribution is 5.92. The van der Waals surface area contributed by atoms with Gasteiger partial charge in [0, 0.05) is 17.4 Å². The third-order valence-electron chi connectivity index (χ3n) is 3.48. The van der Waals surface area contributed by atoms with Crippen molar-refractivity contribution < 1.29 is 20.4 Å². The van der Waals surface area contributed by atoms with Crippen molar-refractivity contribution >= 4 is 10.8 Å². The van der Waals surface area contributed by atoms with Crippen LogP contribution in [0.1, 0.15) is 11.1 Å². The van der Waals surface area contributed by atoms with Gasteiger partial charge in [-0.1, -0.05) is 18.2 Å². The topological polar surface area (TPSA) is 80.9 Å². The van der Waals surface area contributed by atoms with Gasteiger partial charge in [0.05, 0.1) is 0 Å². The van der Waals surface area contributed by atoms with E-state index in [2.05, 4.69) is 0 Å². The standard InChI is InChI=1S/C17H14O4/c18-13-4-1-10(2-5-13)7-12-8-11-3-6-14(19)9-15(11)17(21)16(12)20/h1-6,8-9,18-21H,7H2. The summed E-state index contributed by atoms with van der Waals surface area (Å²) in [6.45, 7) is 0. The van der Waals surface area contributed by atoms with Crippen LogP contribution in [0.25, 0.3) is 10.8 Å². The number of aromatic hydroxyl groups is 4. The summed E-state index contributed by atoms with van der Waals surface area (Å²) in [7, 11) is 0. The molecule has 0 atom stereocenters. The third kappa shape index (κ3) is 2.43. The molecule has 0 radical (unpaired) electrons. The molecule has 4 N–H and O–H groups in total. The Kier molecular flexibility index (Phi) is 3.06. The third-order valence-corrected chi connectivity index (χ3v) is 3.48. The van der Waals surface area contributed by atoms with Crippen molar-refractivity contribution in [2.24, 2.45) is 0 Å².